The van der Waals surface area contributed by atoms with Crippen LogP contribution in [0.25, 0.3) is 11.3 Å². The lowest BCUT2D eigenvalue weighted by molar-refractivity contribution is 0.0991. The van der Waals surface area contributed by atoms with Gasteiger partial charge < -0.3 is 15.2 Å². The molecule has 160 valence electrons. The number of carbonyl (C=O) groups is 1. The zero-order chi connectivity index (χ0) is 22.3. The average Bonchev–Trinajstić information content (AvgIpc) is 3.02. The highest BCUT2D eigenvalue weighted by Crippen LogP contribution is 2.37. The first-order chi connectivity index (χ1) is 14.7. The molecule has 3 aromatic heterocycles. The van der Waals surface area contributed by atoms with Gasteiger partial charge in [0.2, 0.25) is 0 Å². The van der Waals surface area contributed by atoms with Crippen LogP contribution in [0.1, 0.15) is 48.6 Å². The second-order valence-electron chi connectivity index (χ2n) is 8.02. The van der Waals surface area contributed by atoms with Crippen molar-refractivity contribution in [3.8, 4) is 22.9 Å². The maximum absolute atomic E-state index is 13.2. The SMILES string of the molecule is COc1cc(-c2ccc3c(n2)[C@H](C)N(c2cccc(C(C)(C)N)n2)C3=O)cnc1OC. The van der Waals surface area contributed by atoms with E-state index in [1.165, 1.54) is 7.11 Å². The van der Waals surface area contributed by atoms with Crippen LogP contribution in [0.2, 0.25) is 0 Å². The number of amides is 1. The van der Waals surface area contributed by atoms with Gasteiger partial charge in [-0.3, -0.25) is 9.69 Å². The monoisotopic (exact) mass is 419 g/mol. The molecular formula is C23H25N5O3. The molecule has 0 saturated heterocycles. The number of nitrogens with zero attached hydrogens (tertiary/aromatic N) is 4. The molecule has 1 aliphatic heterocycles. The summed E-state index contributed by atoms with van der Waals surface area (Å²) in [5.41, 5.74) is 9.02. The van der Waals surface area contributed by atoms with Gasteiger partial charge in [-0.25, -0.2) is 15.0 Å². The van der Waals surface area contributed by atoms with Gasteiger partial charge in [0.25, 0.3) is 11.8 Å². The van der Waals surface area contributed by atoms with Crippen LogP contribution in [-0.2, 0) is 5.54 Å². The lowest BCUT2D eigenvalue weighted by atomic mass is 10.0. The van der Waals surface area contributed by atoms with E-state index in [2.05, 4.69) is 9.97 Å². The quantitative estimate of drug-likeness (QED) is 0.675. The Morgan fingerprint density at radius 3 is 2.55 bits per heavy atom. The molecule has 1 aliphatic rings. The lowest BCUT2D eigenvalue weighted by Crippen LogP contribution is -2.32. The van der Waals surface area contributed by atoms with E-state index in [4.69, 9.17) is 20.2 Å². The van der Waals surface area contributed by atoms with E-state index >= 15 is 0 Å². The molecule has 4 rings (SSSR count). The van der Waals surface area contributed by atoms with Crippen molar-refractivity contribution in [2.75, 3.05) is 19.1 Å². The molecule has 8 nitrogen and oxygen atoms in total. The number of rotatable bonds is 5. The summed E-state index contributed by atoms with van der Waals surface area (Å²) in [4.78, 5) is 28.5. The Morgan fingerprint density at radius 1 is 1.10 bits per heavy atom. The molecule has 8 heteroatoms. The number of fused-ring (bicyclic) bond motifs is 1. The molecule has 1 amide bonds. The summed E-state index contributed by atoms with van der Waals surface area (Å²) in [6.07, 6.45) is 1.67. The number of methoxy groups -OCH3 is 2. The Balaban J connectivity index is 1.72. The third kappa shape index (κ3) is 3.59. The van der Waals surface area contributed by atoms with Gasteiger partial charge in [0.1, 0.15) is 5.82 Å². The summed E-state index contributed by atoms with van der Waals surface area (Å²) in [6.45, 7) is 5.71. The number of nitrogens with two attached hydrogens (primary N) is 1. The minimum atomic E-state index is -0.610. The molecule has 0 unspecified atom stereocenters. The number of hydrogen-bond donors (Lipinski definition) is 1. The third-order valence-electron chi connectivity index (χ3n) is 5.33. The predicted molar refractivity (Wildman–Crippen MR) is 117 cm³/mol. The molecule has 3 aromatic rings. The van der Waals surface area contributed by atoms with Crippen molar-refractivity contribution < 1.29 is 14.3 Å². The molecular weight excluding hydrogens is 394 g/mol. The van der Waals surface area contributed by atoms with Gasteiger partial charge in [0.15, 0.2) is 5.75 Å². The van der Waals surface area contributed by atoms with E-state index in [0.717, 1.165) is 5.56 Å². The molecule has 0 aromatic carbocycles. The summed E-state index contributed by atoms with van der Waals surface area (Å²) in [6, 6.07) is 10.7. The van der Waals surface area contributed by atoms with Gasteiger partial charge in [-0.05, 0) is 51.1 Å². The fourth-order valence-electron chi connectivity index (χ4n) is 3.65. The Morgan fingerprint density at radius 2 is 1.87 bits per heavy atom. The first-order valence-corrected chi connectivity index (χ1v) is 9.94. The third-order valence-corrected chi connectivity index (χ3v) is 5.33. The van der Waals surface area contributed by atoms with Crippen molar-refractivity contribution in [3.05, 3.63) is 59.5 Å². The Kier molecular flexibility index (Phi) is 5.10. The molecule has 31 heavy (non-hydrogen) atoms. The van der Waals surface area contributed by atoms with Crippen molar-refractivity contribution in [3.63, 3.8) is 0 Å². The highest BCUT2D eigenvalue weighted by molar-refractivity contribution is 6.10. The van der Waals surface area contributed by atoms with Crippen LogP contribution in [0.3, 0.4) is 0 Å². The second-order valence-corrected chi connectivity index (χ2v) is 8.02. The molecule has 0 aliphatic carbocycles. The Labute approximate surface area is 181 Å². The molecule has 0 fully saturated rings. The average molecular weight is 419 g/mol. The molecule has 1 atom stereocenters. The number of ether oxygens (including phenoxy) is 2. The van der Waals surface area contributed by atoms with Crippen molar-refractivity contribution >= 4 is 11.7 Å². The highest BCUT2D eigenvalue weighted by atomic mass is 16.5. The standard InChI is InChI=1S/C23H25N5O3/c1-13-20-15(22(29)28(13)19-8-6-7-18(27-19)23(2,3)24)9-10-16(26-20)14-11-17(30-4)21(31-5)25-12-14/h6-13H,24H2,1-5H3/t13-/m0/s1. The minimum Gasteiger partial charge on any atom is -0.491 e. The summed E-state index contributed by atoms with van der Waals surface area (Å²) in [5, 5.41) is 0. The summed E-state index contributed by atoms with van der Waals surface area (Å²) >= 11 is 0. The van der Waals surface area contributed by atoms with Crippen LogP contribution in [0.5, 0.6) is 11.6 Å². The van der Waals surface area contributed by atoms with Gasteiger partial charge in [0.05, 0.1) is 48.4 Å². The van der Waals surface area contributed by atoms with Crippen LogP contribution in [-0.4, -0.2) is 35.1 Å². The fourth-order valence-corrected chi connectivity index (χ4v) is 3.65. The zero-order valence-corrected chi connectivity index (χ0v) is 18.2. The topological polar surface area (TPSA) is 103 Å². The van der Waals surface area contributed by atoms with E-state index in [0.29, 0.717) is 40.1 Å². The van der Waals surface area contributed by atoms with Gasteiger partial charge in [-0.1, -0.05) is 6.07 Å². The molecule has 0 radical (unpaired) electrons. The molecule has 0 bridgehead atoms. The molecule has 2 N–H and O–H groups in total. The maximum atomic E-state index is 13.2. The largest absolute Gasteiger partial charge is 0.491 e. The summed E-state index contributed by atoms with van der Waals surface area (Å²) in [5.74, 6) is 1.33. The van der Waals surface area contributed by atoms with Gasteiger partial charge >= 0.3 is 0 Å². The highest BCUT2D eigenvalue weighted by Gasteiger charge is 2.37. The Bertz CT molecular complexity index is 1160. The predicted octanol–water partition coefficient (Wildman–Crippen LogP) is 3.47. The summed E-state index contributed by atoms with van der Waals surface area (Å²) in [7, 11) is 3.09. The smallest absolute Gasteiger partial charge is 0.261 e. The van der Waals surface area contributed by atoms with Crippen LogP contribution in [0, 0.1) is 0 Å². The van der Waals surface area contributed by atoms with E-state index < -0.39 is 5.54 Å². The van der Waals surface area contributed by atoms with Gasteiger partial charge in [0, 0.05) is 11.8 Å². The maximum Gasteiger partial charge on any atom is 0.261 e. The first kappa shape index (κ1) is 20.7. The Hall–Kier alpha value is -3.52. The number of pyridine rings is 3. The van der Waals surface area contributed by atoms with Crippen LogP contribution in [0.15, 0.2) is 42.6 Å². The molecule has 4 heterocycles. The van der Waals surface area contributed by atoms with E-state index in [9.17, 15) is 4.79 Å². The normalized spacial score (nSPS) is 15.7. The van der Waals surface area contributed by atoms with Crippen molar-refractivity contribution in [1.29, 1.82) is 0 Å². The lowest BCUT2D eigenvalue weighted by Gasteiger charge is -2.24. The first-order valence-electron chi connectivity index (χ1n) is 9.94. The van der Waals surface area contributed by atoms with Crippen molar-refractivity contribution in [2.24, 2.45) is 5.73 Å². The second kappa shape index (κ2) is 7.63. The minimum absolute atomic E-state index is 0.133. The van der Waals surface area contributed by atoms with Crippen LogP contribution < -0.4 is 20.1 Å². The van der Waals surface area contributed by atoms with Crippen molar-refractivity contribution in [1.82, 2.24) is 15.0 Å². The van der Waals surface area contributed by atoms with Gasteiger partial charge in [-0.2, -0.15) is 0 Å². The molecule has 0 spiro atoms. The number of anilines is 1. The van der Waals surface area contributed by atoms with Crippen molar-refractivity contribution in [2.45, 2.75) is 32.4 Å². The number of hydrogen-bond acceptors (Lipinski definition) is 7. The number of carbonyl (C=O) groups excluding carboxylic acids is 1. The van der Waals surface area contributed by atoms with Crippen LogP contribution >= 0.6 is 0 Å². The van der Waals surface area contributed by atoms with E-state index in [-0.39, 0.29) is 11.9 Å². The van der Waals surface area contributed by atoms with E-state index in [1.54, 1.807) is 24.3 Å². The van der Waals surface area contributed by atoms with Crippen LogP contribution in [0.4, 0.5) is 5.82 Å². The number of aromatic nitrogens is 3. The molecule has 0 saturated carbocycles. The fraction of sp³-hybridized carbons (Fsp3) is 0.304. The summed E-state index contributed by atoms with van der Waals surface area (Å²) < 4.78 is 10.6. The van der Waals surface area contributed by atoms with Gasteiger partial charge in [-0.15, -0.1) is 0 Å². The van der Waals surface area contributed by atoms with E-state index in [1.807, 2.05) is 51.1 Å². The zero-order valence-electron chi connectivity index (χ0n) is 18.2.